The Balaban J connectivity index is 1.35. The van der Waals surface area contributed by atoms with Gasteiger partial charge in [0.15, 0.2) is 5.78 Å². The predicted octanol–water partition coefficient (Wildman–Crippen LogP) is 4.30. The molecule has 0 spiro atoms. The van der Waals surface area contributed by atoms with Gasteiger partial charge in [-0.15, -0.1) is 0 Å². The monoisotopic (exact) mass is 534 g/mol. The number of benzene rings is 1. The number of aromatic amines is 1. The van der Waals surface area contributed by atoms with Crippen LogP contribution < -0.4 is 15.0 Å². The predicted molar refractivity (Wildman–Crippen MR) is 152 cm³/mol. The molecule has 8 nitrogen and oxygen atoms in total. The van der Waals surface area contributed by atoms with Crippen molar-refractivity contribution in [2.75, 3.05) is 38.7 Å². The minimum Gasteiger partial charge on any atom is -0.492 e. The SMILES string of the molecule is Cc1c(C(=O)N[C@@H](CCC2CC2)C(=O)N2CCc3c(OCCN(C)C)cccc32)[nH]c2c1C(=O)CC(C)(C)C2. The molecule has 1 fully saturated rings. The van der Waals surface area contributed by atoms with Gasteiger partial charge in [0.05, 0.1) is 5.69 Å². The van der Waals surface area contributed by atoms with Crippen molar-refractivity contribution in [1.29, 1.82) is 0 Å². The standard InChI is InChI=1S/C31H42N4O4/c1-19-27-23(17-31(2,3)18-25(27)36)32-28(19)29(37)33-22(12-11-20-9-10-20)30(38)35-14-13-21-24(35)7-6-8-26(21)39-16-15-34(4)5/h6-8,20,22,32H,9-18H2,1-5H3,(H,33,37)/t22-/m0/s1. The molecule has 0 bridgehead atoms. The minimum atomic E-state index is -0.630. The van der Waals surface area contributed by atoms with Gasteiger partial charge < -0.3 is 24.8 Å². The van der Waals surface area contributed by atoms with Crippen LogP contribution >= 0.6 is 0 Å². The van der Waals surface area contributed by atoms with Crippen molar-refractivity contribution < 1.29 is 19.1 Å². The first-order valence-electron chi connectivity index (χ1n) is 14.3. The summed E-state index contributed by atoms with van der Waals surface area (Å²) >= 11 is 0. The average Bonchev–Trinajstić information content (AvgIpc) is 3.49. The molecule has 2 N–H and O–H groups in total. The van der Waals surface area contributed by atoms with Crippen LogP contribution in [0.25, 0.3) is 0 Å². The van der Waals surface area contributed by atoms with Gasteiger partial charge in [-0.3, -0.25) is 14.4 Å². The van der Waals surface area contributed by atoms with E-state index in [2.05, 4.69) is 29.0 Å². The average molecular weight is 535 g/mol. The van der Waals surface area contributed by atoms with Crippen LogP contribution in [0.2, 0.25) is 0 Å². The lowest BCUT2D eigenvalue weighted by Gasteiger charge is -2.28. The summed E-state index contributed by atoms with van der Waals surface area (Å²) in [5, 5.41) is 3.06. The van der Waals surface area contributed by atoms with Crippen LogP contribution in [0.4, 0.5) is 5.69 Å². The first-order chi connectivity index (χ1) is 18.5. The number of H-pyrrole nitrogens is 1. The Morgan fingerprint density at radius 2 is 2.00 bits per heavy atom. The molecule has 5 rings (SSSR count). The molecule has 1 aromatic heterocycles. The van der Waals surface area contributed by atoms with E-state index in [1.807, 2.05) is 44.1 Å². The van der Waals surface area contributed by atoms with E-state index < -0.39 is 6.04 Å². The fourth-order valence-electron chi connectivity index (χ4n) is 6.05. The number of aromatic nitrogens is 1. The van der Waals surface area contributed by atoms with Gasteiger partial charge in [0, 0.05) is 36.3 Å². The van der Waals surface area contributed by atoms with Gasteiger partial charge in [0.25, 0.3) is 5.91 Å². The fraction of sp³-hybridized carbons (Fsp3) is 0.581. The molecule has 8 heteroatoms. The maximum Gasteiger partial charge on any atom is 0.268 e. The van der Waals surface area contributed by atoms with E-state index in [0.717, 1.165) is 48.5 Å². The van der Waals surface area contributed by atoms with E-state index in [9.17, 15) is 14.4 Å². The number of hydrogen-bond acceptors (Lipinski definition) is 5. The Labute approximate surface area is 231 Å². The van der Waals surface area contributed by atoms with Gasteiger partial charge in [-0.25, -0.2) is 0 Å². The van der Waals surface area contributed by atoms with E-state index in [1.54, 1.807) is 0 Å². The molecule has 210 valence electrons. The Hall–Kier alpha value is -3.13. The van der Waals surface area contributed by atoms with Crippen LogP contribution in [0.15, 0.2) is 18.2 Å². The van der Waals surface area contributed by atoms with Gasteiger partial charge >= 0.3 is 0 Å². The Kier molecular flexibility index (Phi) is 7.60. The van der Waals surface area contributed by atoms with Crippen molar-refractivity contribution in [3.05, 3.63) is 46.3 Å². The molecular weight excluding hydrogens is 492 g/mol. The highest BCUT2D eigenvalue weighted by Gasteiger charge is 2.37. The molecule has 2 aromatic rings. The summed E-state index contributed by atoms with van der Waals surface area (Å²) in [6, 6.07) is 5.23. The zero-order valence-electron chi connectivity index (χ0n) is 24.0. The molecule has 3 aliphatic rings. The van der Waals surface area contributed by atoms with E-state index >= 15 is 0 Å². The molecule has 0 saturated heterocycles. The number of nitrogens with one attached hydrogen (secondary N) is 2. The van der Waals surface area contributed by atoms with Crippen molar-refractivity contribution in [3.63, 3.8) is 0 Å². The van der Waals surface area contributed by atoms with E-state index in [1.165, 1.54) is 12.8 Å². The number of amides is 2. The summed E-state index contributed by atoms with van der Waals surface area (Å²) in [5.74, 6) is 1.14. The van der Waals surface area contributed by atoms with Crippen LogP contribution in [0, 0.1) is 18.3 Å². The number of fused-ring (bicyclic) bond motifs is 2. The second-order valence-electron chi connectivity index (χ2n) is 12.6. The molecule has 2 amide bonds. The van der Waals surface area contributed by atoms with Crippen LogP contribution in [0.5, 0.6) is 5.75 Å². The molecular formula is C31H42N4O4. The number of carbonyl (C=O) groups excluding carboxylic acids is 3. The van der Waals surface area contributed by atoms with Crippen molar-refractivity contribution in [2.45, 2.75) is 71.8 Å². The second kappa shape index (κ2) is 10.8. The number of hydrogen-bond donors (Lipinski definition) is 2. The molecule has 2 aliphatic carbocycles. The van der Waals surface area contributed by atoms with E-state index in [0.29, 0.717) is 48.7 Å². The second-order valence-corrected chi connectivity index (χ2v) is 12.6. The summed E-state index contributed by atoms with van der Waals surface area (Å²) in [6.07, 6.45) is 5.81. The Morgan fingerprint density at radius 3 is 2.72 bits per heavy atom. The maximum absolute atomic E-state index is 13.9. The van der Waals surface area contributed by atoms with Gasteiger partial charge in [-0.1, -0.05) is 32.8 Å². The van der Waals surface area contributed by atoms with Crippen molar-refractivity contribution in [2.24, 2.45) is 11.3 Å². The lowest BCUT2D eigenvalue weighted by atomic mass is 9.75. The van der Waals surface area contributed by atoms with Crippen LogP contribution in [-0.4, -0.2) is 67.3 Å². The lowest BCUT2D eigenvalue weighted by molar-refractivity contribution is -0.120. The molecule has 2 heterocycles. The molecule has 0 radical (unpaired) electrons. The topological polar surface area (TPSA) is 94.7 Å². The molecule has 1 saturated carbocycles. The highest BCUT2D eigenvalue weighted by Crippen LogP contribution is 2.38. The maximum atomic E-state index is 13.9. The number of likely N-dealkylation sites (N-methyl/N-ethyl adjacent to an activating group) is 1. The first kappa shape index (κ1) is 27.4. The van der Waals surface area contributed by atoms with Crippen molar-refractivity contribution in [3.8, 4) is 5.75 Å². The third-order valence-corrected chi connectivity index (χ3v) is 8.34. The first-order valence-corrected chi connectivity index (χ1v) is 14.3. The zero-order chi connectivity index (χ0) is 27.9. The summed E-state index contributed by atoms with van der Waals surface area (Å²) in [5.41, 5.74) is 4.33. The van der Waals surface area contributed by atoms with E-state index in [-0.39, 0.29) is 23.0 Å². The van der Waals surface area contributed by atoms with Crippen LogP contribution in [0.3, 0.4) is 0 Å². The number of anilines is 1. The van der Waals surface area contributed by atoms with Crippen LogP contribution in [-0.2, 0) is 17.6 Å². The normalized spacial score (nSPS) is 18.6. The van der Waals surface area contributed by atoms with Crippen molar-refractivity contribution in [1.82, 2.24) is 15.2 Å². The largest absolute Gasteiger partial charge is 0.492 e. The summed E-state index contributed by atoms with van der Waals surface area (Å²) in [7, 11) is 4.02. The lowest BCUT2D eigenvalue weighted by Crippen LogP contribution is -2.48. The number of carbonyl (C=O) groups is 3. The quantitative estimate of drug-likeness (QED) is 0.474. The molecule has 1 aromatic carbocycles. The fourth-order valence-corrected chi connectivity index (χ4v) is 6.05. The molecule has 0 unspecified atom stereocenters. The molecule has 1 aliphatic heterocycles. The zero-order valence-corrected chi connectivity index (χ0v) is 24.0. The Morgan fingerprint density at radius 1 is 1.23 bits per heavy atom. The summed E-state index contributed by atoms with van der Waals surface area (Å²) in [6.45, 7) is 7.93. The van der Waals surface area contributed by atoms with Crippen molar-refractivity contribution >= 4 is 23.3 Å². The molecule has 1 atom stereocenters. The smallest absolute Gasteiger partial charge is 0.268 e. The molecule has 39 heavy (non-hydrogen) atoms. The van der Waals surface area contributed by atoms with Gasteiger partial charge in [0.2, 0.25) is 5.91 Å². The van der Waals surface area contributed by atoms with Gasteiger partial charge in [-0.2, -0.15) is 0 Å². The number of rotatable bonds is 10. The van der Waals surface area contributed by atoms with Crippen LogP contribution in [0.1, 0.15) is 83.6 Å². The van der Waals surface area contributed by atoms with E-state index in [4.69, 9.17) is 4.74 Å². The third-order valence-electron chi connectivity index (χ3n) is 8.34. The summed E-state index contributed by atoms with van der Waals surface area (Å²) in [4.78, 5) is 47.5. The minimum absolute atomic E-state index is 0.0766. The van der Waals surface area contributed by atoms with Gasteiger partial charge in [0.1, 0.15) is 24.1 Å². The number of ketones is 1. The highest BCUT2D eigenvalue weighted by atomic mass is 16.5. The third kappa shape index (κ3) is 5.91. The number of ether oxygens (including phenoxy) is 1. The highest BCUT2D eigenvalue weighted by molar-refractivity contribution is 6.06. The number of Topliss-reactive ketones (excluding diaryl/α,β-unsaturated/α-hetero) is 1. The summed E-state index contributed by atoms with van der Waals surface area (Å²) < 4.78 is 6.05. The Bertz CT molecular complexity index is 1270. The number of nitrogens with zero attached hydrogens (tertiary/aromatic N) is 2. The van der Waals surface area contributed by atoms with Gasteiger partial charge in [-0.05, 0) is 75.7 Å².